The third-order valence-electron chi connectivity index (χ3n) is 4.39. The summed E-state index contributed by atoms with van der Waals surface area (Å²) in [5.74, 6) is 0.825. The number of nitrogens with one attached hydrogen (secondary N) is 1. The van der Waals surface area contributed by atoms with Crippen LogP contribution in [0.25, 0.3) is 0 Å². The lowest BCUT2D eigenvalue weighted by molar-refractivity contribution is -0.122. The molecule has 3 rings (SSSR count). The van der Waals surface area contributed by atoms with Gasteiger partial charge in [0.1, 0.15) is 5.78 Å². The summed E-state index contributed by atoms with van der Waals surface area (Å²) < 4.78 is 0. The van der Waals surface area contributed by atoms with E-state index in [1.54, 1.807) is 0 Å². The highest BCUT2D eigenvalue weighted by atomic mass is 35.5. The fourth-order valence-corrected chi connectivity index (χ4v) is 3.30. The molecule has 2 aromatic carbocycles. The highest BCUT2D eigenvalue weighted by molar-refractivity contribution is 6.30. The number of hydrogen-bond acceptors (Lipinski definition) is 2. The van der Waals surface area contributed by atoms with Crippen LogP contribution in [0.15, 0.2) is 54.6 Å². The van der Waals surface area contributed by atoms with Crippen LogP contribution >= 0.6 is 11.6 Å². The van der Waals surface area contributed by atoms with Crippen molar-refractivity contribution in [3.63, 3.8) is 0 Å². The minimum Gasteiger partial charge on any atom is -0.316 e. The molecule has 1 fully saturated rings. The Morgan fingerprint density at radius 3 is 2.45 bits per heavy atom. The van der Waals surface area contributed by atoms with Crippen molar-refractivity contribution < 1.29 is 4.79 Å². The molecule has 1 N–H and O–H groups in total. The first kappa shape index (κ1) is 15.3. The number of ketones is 1. The maximum Gasteiger partial charge on any atom is 0.141 e. The SMILES string of the molecule is O=C(Cc1ccc(Cl)cc1)[C@H]1CNCC1Cc1ccccc1. The largest absolute Gasteiger partial charge is 0.316 e. The van der Waals surface area contributed by atoms with E-state index < -0.39 is 0 Å². The Kier molecular flexibility index (Phi) is 4.91. The first-order chi connectivity index (χ1) is 10.7. The Labute approximate surface area is 136 Å². The van der Waals surface area contributed by atoms with Gasteiger partial charge in [-0.2, -0.15) is 0 Å². The van der Waals surface area contributed by atoms with Gasteiger partial charge >= 0.3 is 0 Å². The molecule has 3 heteroatoms. The van der Waals surface area contributed by atoms with Crippen LogP contribution in [0.3, 0.4) is 0 Å². The summed E-state index contributed by atoms with van der Waals surface area (Å²) in [4.78, 5) is 12.6. The summed E-state index contributed by atoms with van der Waals surface area (Å²) in [5.41, 5.74) is 2.35. The van der Waals surface area contributed by atoms with E-state index in [1.165, 1.54) is 5.56 Å². The third kappa shape index (κ3) is 3.76. The number of halogens is 1. The van der Waals surface area contributed by atoms with E-state index in [0.717, 1.165) is 25.1 Å². The zero-order chi connectivity index (χ0) is 15.4. The predicted octanol–water partition coefficient (Wildman–Crippen LogP) is 3.53. The van der Waals surface area contributed by atoms with Gasteiger partial charge in [-0.1, -0.05) is 54.1 Å². The van der Waals surface area contributed by atoms with E-state index in [2.05, 4.69) is 29.6 Å². The number of hydrogen-bond donors (Lipinski definition) is 1. The van der Waals surface area contributed by atoms with Crippen LogP contribution in [0.1, 0.15) is 11.1 Å². The summed E-state index contributed by atoms with van der Waals surface area (Å²) in [6, 6.07) is 18.0. The van der Waals surface area contributed by atoms with Gasteiger partial charge in [-0.05, 0) is 42.1 Å². The molecule has 1 aliphatic rings. The van der Waals surface area contributed by atoms with Gasteiger partial charge in [-0.25, -0.2) is 0 Å². The molecule has 2 nitrogen and oxygen atoms in total. The highest BCUT2D eigenvalue weighted by Crippen LogP contribution is 2.24. The quantitative estimate of drug-likeness (QED) is 0.915. The molecule has 1 saturated heterocycles. The fourth-order valence-electron chi connectivity index (χ4n) is 3.18. The number of carbonyl (C=O) groups excluding carboxylic acids is 1. The van der Waals surface area contributed by atoms with Gasteiger partial charge in [0.2, 0.25) is 0 Å². The fraction of sp³-hybridized carbons (Fsp3) is 0.316. The Morgan fingerprint density at radius 2 is 1.73 bits per heavy atom. The molecule has 1 aliphatic heterocycles. The summed E-state index contributed by atoms with van der Waals surface area (Å²) in [5, 5.41) is 4.09. The van der Waals surface area contributed by atoms with Crippen LogP contribution in [0, 0.1) is 11.8 Å². The van der Waals surface area contributed by atoms with Crippen LogP contribution in [0.2, 0.25) is 5.02 Å². The first-order valence-corrected chi connectivity index (χ1v) is 8.12. The summed E-state index contributed by atoms with van der Waals surface area (Å²) >= 11 is 5.89. The Morgan fingerprint density at radius 1 is 1.00 bits per heavy atom. The van der Waals surface area contributed by atoms with E-state index in [0.29, 0.717) is 23.1 Å². The molecular weight excluding hydrogens is 294 g/mol. The Hall–Kier alpha value is -1.64. The molecule has 1 heterocycles. The molecular formula is C19H20ClNO. The standard InChI is InChI=1S/C19H20ClNO/c20-17-8-6-15(7-9-17)11-19(22)18-13-21-12-16(18)10-14-4-2-1-3-5-14/h1-9,16,18,21H,10-13H2/t16?,18-/m0/s1. The lowest BCUT2D eigenvalue weighted by Crippen LogP contribution is -2.25. The second-order valence-corrected chi connectivity index (χ2v) is 6.42. The first-order valence-electron chi connectivity index (χ1n) is 7.74. The lowest BCUT2D eigenvalue weighted by Gasteiger charge is -2.17. The zero-order valence-corrected chi connectivity index (χ0v) is 13.2. The van der Waals surface area contributed by atoms with Crippen molar-refractivity contribution in [2.75, 3.05) is 13.1 Å². The molecule has 22 heavy (non-hydrogen) atoms. The normalized spacial score (nSPS) is 21.0. The van der Waals surface area contributed by atoms with E-state index in [1.807, 2.05) is 30.3 Å². The Balaban J connectivity index is 1.64. The summed E-state index contributed by atoms with van der Waals surface area (Å²) in [7, 11) is 0. The van der Waals surface area contributed by atoms with Crippen LogP contribution in [-0.4, -0.2) is 18.9 Å². The molecule has 0 saturated carbocycles. The number of benzene rings is 2. The molecule has 0 amide bonds. The number of Topliss-reactive ketones (excluding diaryl/α,β-unsaturated/α-hetero) is 1. The van der Waals surface area contributed by atoms with E-state index in [4.69, 9.17) is 11.6 Å². The second kappa shape index (κ2) is 7.08. The monoisotopic (exact) mass is 313 g/mol. The van der Waals surface area contributed by atoms with Crippen molar-refractivity contribution in [3.05, 3.63) is 70.7 Å². The van der Waals surface area contributed by atoms with E-state index in [-0.39, 0.29) is 5.92 Å². The average Bonchev–Trinajstić information content (AvgIpc) is 2.99. The van der Waals surface area contributed by atoms with Gasteiger partial charge in [-0.3, -0.25) is 4.79 Å². The molecule has 0 spiro atoms. The molecule has 2 atom stereocenters. The van der Waals surface area contributed by atoms with Crippen LogP contribution < -0.4 is 5.32 Å². The van der Waals surface area contributed by atoms with Gasteiger partial charge in [0, 0.05) is 23.9 Å². The molecule has 0 aromatic heterocycles. The van der Waals surface area contributed by atoms with Crippen LogP contribution in [0.4, 0.5) is 0 Å². The minimum atomic E-state index is 0.107. The van der Waals surface area contributed by atoms with E-state index in [9.17, 15) is 4.79 Å². The molecule has 114 valence electrons. The third-order valence-corrected chi connectivity index (χ3v) is 4.64. The van der Waals surface area contributed by atoms with Crippen LogP contribution in [-0.2, 0) is 17.6 Å². The topological polar surface area (TPSA) is 29.1 Å². The minimum absolute atomic E-state index is 0.107. The van der Waals surface area contributed by atoms with Crippen molar-refractivity contribution in [2.24, 2.45) is 11.8 Å². The molecule has 0 aliphatic carbocycles. The smallest absolute Gasteiger partial charge is 0.141 e. The van der Waals surface area contributed by atoms with Crippen molar-refractivity contribution >= 4 is 17.4 Å². The van der Waals surface area contributed by atoms with E-state index >= 15 is 0 Å². The molecule has 0 radical (unpaired) electrons. The molecule has 0 bridgehead atoms. The number of rotatable bonds is 5. The maximum absolute atomic E-state index is 12.6. The second-order valence-electron chi connectivity index (χ2n) is 5.98. The average molecular weight is 314 g/mol. The molecule has 1 unspecified atom stereocenters. The Bertz CT molecular complexity index is 624. The maximum atomic E-state index is 12.6. The number of carbonyl (C=O) groups is 1. The van der Waals surface area contributed by atoms with Crippen molar-refractivity contribution in [1.29, 1.82) is 0 Å². The lowest BCUT2D eigenvalue weighted by atomic mass is 9.85. The van der Waals surface area contributed by atoms with Gasteiger partial charge in [0.25, 0.3) is 0 Å². The van der Waals surface area contributed by atoms with Crippen molar-refractivity contribution in [3.8, 4) is 0 Å². The van der Waals surface area contributed by atoms with Crippen LogP contribution in [0.5, 0.6) is 0 Å². The van der Waals surface area contributed by atoms with Gasteiger partial charge < -0.3 is 5.32 Å². The molecule has 2 aromatic rings. The predicted molar refractivity (Wildman–Crippen MR) is 90.2 cm³/mol. The van der Waals surface area contributed by atoms with Gasteiger partial charge in [0.15, 0.2) is 0 Å². The van der Waals surface area contributed by atoms with Gasteiger partial charge in [0.05, 0.1) is 0 Å². The zero-order valence-electron chi connectivity index (χ0n) is 12.5. The van der Waals surface area contributed by atoms with Crippen molar-refractivity contribution in [1.82, 2.24) is 5.32 Å². The summed E-state index contributed by atoms with van der Waals surface area (Å²) in [6.45, 7) is 1.72. The van der Waals surface area contributed by atoms with Crippen molar-refractivity contribution in [2.45, 2.75) is 12.8 Å². The summed E-state index contributed by atoms with van der Waals surface area (Å²) in [6.07, 6.45) is 1.46. The highest BCUT2D eigenvalue weighted by Gasteiger charge is 2.32. The van der Waals surface area contributed by atoms with Gasteiger partial charge in [-0.15, -0.1) is 0 Å².